The molecule has 25 heavy (non-hydrogen) atoms. The number of aryl methyl sites for hydroxylation is 2. The maximum Gasteiger partial charge on any atom is 0.340 e. The molecule has 2 heterocycles. The monoisotopic (exact) mass is 348 g/mol. The van der Waals surface area contributed by atoms with Gasteiger partial charge in [-0.3, -0.25) is 0 Å². The smallest absolute Gasteiger partial charge is 0.340 e. The van der Waals surface area contributed by atoms with Crippen molar-refractivity contribution >= 4 is 29.5 Å². The molecule has 0 saturated carbocycles. The van der Waals surface area contributed by atoms with E-state index >= 15 is 0 Å². The highest BCUT2D eigenvalue weighted by Crippen LogP contribution is 2.16. The van der Waals surface area contributed by atoms with E-state index in [0.29, 0.717) is 11.4 Å². The lowest BCUT2D eigenvalue weighted by Crippen LogP contribution is -2.13. The van der Waals surface area contributed by atoms with Gasteiger partial charge in [-0.05, 0) is 32.0 Å². The van der Waals surface area contributed by atoms with Crippen molar-refractivity contribution in [2.75, 3.05) is 11.5 Å². The lowest BCUT2D eigenvalue weighted by atomic mass is 10.1. The van der Waals surface area contributed by atoms with Gasteiger partial charge in [0.05, 0.1) is 11.1 Å². The Labute approximate surface area is 141 Å². The molecular weight excluding hydrogens is 332 g/mol. The van der Waals surface area contributed by atoms with Crippen molar-refractivity contribution in [3.63, 3.8) is 0 Å². The van der Waals surface area contributed by atoms with Gasteiger partial charge in [0.15, 0.2) is 0 Å². The third-order valence-corrected chi connectivity index (χ3v) is 2.84. The highest BCUT2D eigenvalue weighted by atomic mass is 16.4. The Bertz CT molecular complexity index is 830. The van der Waals surface area contributed by atoms with Gasteiger partial charge in [0.2, 0.25) is 0 Å². The van der Waals surface area contributed by atoms with Crippen molar-refractivity contribution in [2.24, 2.45) is 0 Å². The first-order chi connectivity index (χ1) is 11.5. The summed E-state index contributed by atoms with van der Waals surface area (Å²) < 4.78 is 0. The number of pyridine rings is 2. The minimum atomic E-state index is -1.40. The number of aromatic carboxylic acids is 3. The molecule has 0 aliphatic rings. The van der Waals surface area contributed by atoms with Gasteiger partial charge < -0.3 is 26.8 Å². The quantitative estimate of drug-likeness (QED) is 0.535. The first-order valence-electron chi connectivity index (χ1n) is 6.74. The summed E-state index contributed by atoms with van der Waals surface area (Å²) in [4.78, 5) is 39.3. The second-order valence-corrected chi connectivity index (χ2v) is 4.91. The van der Waals surface area contributed by atoms with Crippen LogP contribution in [0.25, 0.3) is 0 Å². The summed E-state index contributed by atoms with van der Waals surface area (Å²) in [5.41, 5.74) is 11.0. The number of hydrogen-bond acceptors (Lipinski definition) is 7. The minimum absolute atomic E-state index is 0.176. The normalized spacial score (nSPS) is 9.68. The summed E-state index contributed by atoms with van der Waals surface area (Å²) in [6.45, 7) is 3.23. The van der Waals surface area contributed by atoms with Gasteiger partial charge in [0.1, 0.15) is 17.2 Å². The number of carboxylic acids is 3. The average molecular weight is 348 g/mol. The average Bonchev–Trinajstić information content (AvgIpc) is 2.45. The minimum Gasteiger partial charge on any atom is -0.478 e. The largest absolute Gasteiger partial charge is 0.478 e. The summed E-state index contributed by atoms with van der Waals surface area (Å²) in [6.07, 6.45) is 0. The maximum absolute atomic E-state index is 10.7. The Kier molecular flexibility index (Phi) is 5.98. The SMILES string of the molecule is Cc1cc(C(=O)O)c(C(=O)O)c(N)n1.Cc1cc(C(=O)O)cc(N)n1. The zero-order valence-electron chi connectivity index (χ0n) is 13.3. The topological polar surface area (TPSA) is 190 Å². The van der Waals surface area contributed by atoms with E-state index in [1.165, 1.54) is 25.1 Å². The highest BCUT2D eigenvalue weighted by molar-refractivity contribution is 6.04. The number of carbonyl (C=O) groups is 3. The van der Waals surface area contributed by atoms with Gasteiger partial charge in [-0.25, -0.2) is 24.4 Å². The van der Waals surface area contributed by atoms with E-state index in [1.54, 1.807) is 6.92 Å². The molecule has 7 N–H and O–H groups in total. The van der Waals surface area contributed by atoms with Crippen LogP contribution in [-0.4, -0.2) is 43.2 Å². The molecule has 10 heteroatoms. The number of nitrogen functional groups attached to an aromatic ring is 2. The van der Waals surface area contributed by atoms with Crippen molar-refractivity contribution in [3.8, 4) is 0 Å². The van der Waals surface area contributed by atoms with E-state index < -0.39 is 23.5 Å². The standard InChI is InChI=1S/C8H8N2O4.C7H8N2O2/c1-3-2-4(7(11)12)5(8(13)14)6(9)10-3;1-4-2-5(7(10)11)3-6(8)9-4/h2H,1H3,(H2,9,10)(H,11,12)(H,13,14);2-3H,1H3,(H2,8,9)(H,10,11). The van der Waals surface area contributed by atoms with Gasteiger partial charge in [-0.15, -0.1) is 0 Å². The van der Waals surface area contributed by atoms with Crippen LogP contribution in [0.3, 0.4) is 0 Å². The third-order valence-electron chi connectivity index (χ3n) is 2.84. The fraction of sp³-hybridized carbons (Fsp3) is 0.133. The summed E-state index contributed by atoms with van der Waals surface area (Å²) >= 11 is 0. The van der Waals surface area contributed by atoms with Gasteiger partial charge in [0.25, 0.3) is 0 Å². The second kappa shape index (κ2) is 7.73. The maximum atomic E-state index is 10.7. The number of rotatable bonds is 3. The summed E-state index contributed by atoms with van der Waals surface area (Å²) in [5.74, 6) is -3.76. The molecule has 0 aliphatic carbocycles. The summed E-state index contributed by atoms with van der Waals surface area (Å²) in [6, 6.07) is 3.97. The lowest BCUT2D eigenvalue weighted by molar-refractivity contribution is 0.0652. The highest BCUT2D eigenvalue weighted by Gasteiger charge is 2.20. The molecule has 2 rings (SSSR count). The molecule has 2 aromatic heterocycles. The number of nitrogens with two attached hydrogens (primary N) is 2. The lowest BCUT2D eigenvalue weighted by Gasteiger charge is -2.05. The Morgan fingerprint density at radius 1 is 0.840 bits per heavy atom. The van der Waals surface area contributed by atoms with E-state index in [0.717, 1.165) is 0 Å². The molecule has 0 spiro atoms. The molecule has 0 radical (unpaired) electrons. The van der Waals surface area contributed by atoms with Gasteiger partial charge in [0, 0.05) is 11.4 Å². The molecule has 0 aromatic carbocycles. The zero-order chi connectivity index (χ0) is 19.3. The number of carboxylic acid groups (broad SMARTS) is 3. The van der Waals surface area contributed by atoms with Crippen LogP contribution in [0.15, 0.2) is 18.2 Å². The molecule has 0 amide bonds. The van der Waals surface area contributed by atoms with E-state index in [1.807, 2.05) is 0 Å². The van der Waals surface area contributed by atoms with Crippen LogP contribution in [0.1, 0.15) is 42.5 Å². The predicted molar refractivity (Wildman–Crippen MR) is 87.7 cm³/mol. The number of nitrogens with zero attached hydrogens (tertiary/aromatic N) is 2. The molecule has 0 bridgehead atoms. The molecule has 0 fully saturated rings. The van der Waals surface area contributed by atoms with Crippen molar-refractivity contribution in [3.05, 3.63) is 46.3 Å². The van der Waals surface area contributed by atoms with Gasteiger partial charge in [-0.1, -0.05) is 0 Å². The van der Waals surface area contributed by atoms with Gasteiger partial charge in [-0.2, -0.15) is 0 Å². The van der Waals surface area contributed by atoms with Crippen LogP contribution in [-0.2, 0) is 0 Å². The van der Waals surface area contributed by atoms with Crippen LogP contribution in [0.5, 0.6) is 0 Å². The second-order valence-electron chi connectivity index (χ2n) is 4.91. The summed E-state index contributed by atoms with van der Waals surface area (Å²) in [5, 5.41) is 26.0. The molecular formula is C15H16N4O6. The fourth-order valence-electron chi connectivity index (χ4n) is 1.91. The van der Waals surface area contributed by atoms with Crippen LogP contribution >= 0.6 is 0 Å². The Balaban J connectivity index is 0.000000257. The molecule has 0 unspecified atom stereocenters. The zero-order valence-corrected chi connectivity index (χ0v) is 13.3. The van der Waals surface area contributed by atoms with E-state index in [-0.39, 0.29) is 22.8 Å². The number of hydrogen-bond donors (Lipinski definition) is 5. The van der Waals surface area contributed by atoms with Gasteiger partial charge >= 0.3 is 17.9 Å². The number of aromatic nitrogens is 2. The summed E-state index contributed by atoms with van der Waals surface area (Å²) in [7, 11) is 0. The van der Waals surface area contributed by atoms with Crippen molar-refractivity contribution < 1.29 is 29.7 Å². The van der Waals surface area contributed by atoms with Crippen LogP contribution in [0.2, 0.25) is 0 Å². The molecule has 0 aliphatic heterocycles. The van der Waals surface area contributed by atoms with Crippen molar-refractivity contribution in [1.29, 1.82) is 0 Å². The van der Waals surface area contributed by atoms with E-state index in [4.69, 9.17) is 26.8 Å². The van der Waals surface area contributed by atoms with Crippen LogP contribution < -0.4 is 11.5 Å². The Morgan fingerprint density at radius 2 is 1.40 bits per heavy atom. The molecule has 0 saturated heterocycles. The third kappa shape index (κ3) is 5.16. The van der Waals surface area contributed by atoms with Crippen molar-refractivity contribution in [2.45, 2.75) is 13.8 Å². The van der Waals surface area contributed by atoms with E-state index in [2.05, 4.69) is 9.97 Å². The Hall–Kier alpha value is -3.69. The van der Waals surface area contributed by atoms with Crippen LogP contribution in [0, 0.1) is 13.8 Å². The van der Waals surface area contributed by atoms with Crippen LogP contribution in [0.4, 0.5) is 11.6 Å². The number of anilines is 2. The van der Waals surface area contributed by atoms with Crippen molar-refractivity contribution in [1.82, 2.24) is 9.97 Å². The fourth-order valence-corrected chi connectivity index (χ4v) is 1.91. The molecule has 2 aromatic rings. The predicted octanol–water partition coefficient (Wildman–Crippen LogP) is 1.04. The first-order valence-corrected chi connectivity index (χ1v) is 6.74. The molecule has 132 valence electrons. The molecule has 10 nitrogen and oxygen atoms in total. The first kappa shape index (κ1) is 19.4. The Morgan fingerprint density at radius 3 is 1.84 bits per heavy atom. The van der Waals surface area contributed by atoms with E-state index in [9.17, 15) is 14.4 Å². The molecule has 0 atom stereocenters.